The van der Waals surface area contributed by atoms with Crippen molar-refractivity contribution in [1.29, 1.82) is 0 Å². The molecule has 0 heterocycles. The number of carbonyl (C=O) groups is 3. The first kappa shape index (κ1) is 15.4. The fraction of sp³-hybridized carbons (Fsp3) is 0.533. The van der Waals surface area contributed by atoms with E-state index in [-0.39, 0.29) is 30.4 Å². The van der Waals surface area contributed by atoms with Gasteiger partial charge in [0.25, 0.3) is 0 Å². The molecule has 6 nitrogen and oxygen atoms in total. The number of ether oxygens (including phenoxy) is 2. The summed E-state index contributed by atoms with van der Waals surface area (Å²) in [6, 6.07) is 0. The van der Waals surface area contributed by atoms with Gasteiger partial charge in [0.15, 0.2) is 11.5 Å². The lowest BCUT2D eigenvalue weighted by Gasteiger charge is -2.46. The van der Waals surface area contributed by atoms with Crippen LogP contribution in [0.4, 0.5) is 0 Å². The second-order valence-electron chi connectivity index (χ2n) is 5.34. The van der Waals surface area contributed by atoms with Crippen LogP contribution in [-0.2, 0) is 23.9 Å². The summed E-state index contributed by atoms with van der Waals surface area (Å²) in [4.78, 5) is 36.2. The SMILES string of the molecule is COC[C@]12C(=O)C(OC)=CC(=O)[C@@H]1CC=C[C@H]2CC(=O)O. The van der Waals surface area contributed by atoms with Crippen LogP contribution in [0.3, 0.4) is 0 Å². The predicted octanol–water partition coefficient (Wildman–Crippen LogP) is 0.968. The van der Waals surface area contributed by atoms with Gasteiger partial charge in [0.2, 0.25) is 5.78 Å². The molecule has 0 spiro atoms. The smallest absolute Gasteiger partial charge is 0.303 e. The van der Waals surface area contributed by atoms with Crippen LogP contribution in [0.5, 0.6) is 0 Å². The van der Waals surface area contributed by atoms with Crippen molar-refractivity contribution in [2.45, 2.75) is 12.8 Å². The predicted molar refractivity (Wildman–Crippen MR) is 72.4 cm³/mol. The molecule has 0 aromatic heterocycles. The van der Waals surface area contributed by atoms with E-state index in [4.69, 9.17) is 14.6 Å². The van der Waals surface area contributed by atoms with Crippen LogP contribution >= 0.6 is 0 Å². The highest BCUT2D eigenvalue weighted by Crippen LogP contribution is 2.49. The Labute approximate surface area is 122 Å². The molecule has 114 valence electrons. The molecule has 0 aromatic rings. The third kappa shape index (κ3) is 2.40. The summed E-state index contributed by atoms with van der Waals surface area (Å²) in [5.41, 5.74) is -1.20. The highest BCUT2D eigenvalue weighted by molar-refractivity contribution is 6.12. The summed E-state index contributed by atoms with van der Waals surface area (Å²) in [6.45, 7) is -0.00870. The Kier molecular flexibility index (Phi) is 4.27. The van der Waals surface area contributed by atoms with Crippen molar-refractivity contribution in [3.05, 3.63) is 24.0 Å². The normalized spacial score (nSPS) is 31.6. The van der Waals surface area contributed by atoms with Crippen LogP contribution in [0.1, 0.15) is 12.8 Å². The molecule has 0 aromatic carbocycles. The maximum absolute atomic E-state index is 12.8. The van der Waals surface area contributed by atoms with Gasteiger partial charge in [0.1, 0.15) is 0 Å². The molecule has 0 saturated heterocycles. The molecule has 2 rings (SSSR count). The Hall–Kier alpha value is -1.95. The van der Waals surface area contributed by atoms with Crippen LogP contribution in [0.15, 0.2) is 24.0 Å². The fourth-order valence-electron chi connectivity index (χ4n) is 3.34. The molecule has 21 heavy (non-hydrogen) atoms. The number of ketones is 2. The quantitative estimate of drug-likeness (QED) is 0.760. The van der Waals surface area contributed by atoms with E-state index in [1.165, 1.54) is 20.3 Å². The number of hydrogen-bond acceptors (Lipinski definition) is 5. The van der Waals surface area contributed by atoms with Gasteiger partial charge in [-0.25, -0.2) is 0 Å². The molecular weight excluding hydrogens is 276 g/mol. The summed E-state index contributed by atoms with van der Waals surface area (Å²) < 4.78 is 10.2. The van der Waals surface area contributed by atoms with Crippen LogP contribution in [-0.4, -0.2) is 43.5 Å². The number of Topliss-reactive ketones (excluding diaryl/α,β-unsaturated/α-hetero) is 1. The molecule has 1 N–H and O–H groups in total. The van der Waals surface area contributed by atoms with Crippen molar-refractivity contribution in [3.8, 4) is 0 Å². The number of carboxylic acid groups (broad SMARTS) is 1. The second-order valence-corrected chi connectivity index (χ2v) is 5.34. The number of fused-ring (bicyclic) bond motifs is 1. The van der Waals surface area contributed by atoms with Gasteiger partial charge >= 0.3 is 5.97 Å². The zero-order valence-corrected chi connectivity index (χ0v) is 12.0. The fourth-order valence-corrected chi connectivity index (χ4v) is 3.34. The van der Waals surface area contributed by atoms with Gasteiger partial charge in [-0.1, -0.05) is 12.2 Å². The number of carboxylic acids is 1. The Morgan fingerprint density at radius 2 is 2.14 bits per heavy atom. The highest BCUT2D eigenvalue weighted by Gasteiger charge is 2.57. The van der Waals surface area contributed by atoms with Crippen LogP contribution in [0.2, 0.25) is 0 Å². The summed E-state index contributed by atoms with van der Waals surface area (Å²) in [6.07, 6.45) is 4.85. The van der Waals surface area contributed by atoms with E-state index in [1.807, 2.05) is 0 Å². The zero-order valence-electron chi connectivity index (χ0n) is 12.0. The van der Waals surface area contributed by atoms with Crippen LogP contribution in [0, 0.1) is 17.3 Å². The van der Waals surface area contributed by atoms with E-state index < -0.39 is 23.2 Å². The van der Waals surface area contributed by atoms with Crippen LogP contribution in [0.25, 0.3) is 0 Å². The van der Waals surface area contributed by atoms with E-state index in [0.29, 0.717) is 6.42 Å². The summed E-state index contributed by atoms with van der Waals surface area (Å²) in [7, 11) is 2.76. The van der Waals surface area contributed by atoms with Gasteiger partial charge in [0, 0.05) is 25.0 Å². The van der Waals surface area contributed by atoms with Crippen molar-refractivity contribution < 1.29 is 29.0 Å². The topological polar surface area (TPSA) is 89.9 Å². The molecule has 0 aliphatic heterocycles. The molecule has 0 amide bonds. The van der Waals surface area contributed by atoms with Gasteiger partial charge in [-0.3, -0.25) is 14.4 Å². The lowest BCUT2D eigenvalue weighted by molar-refractivity contribution is -0.152. The third-order valence-electron chi connectivity index (χ3n) is 4.28. The van der Waals surface area contributed by atoms with Crippen LogP contribution < -0.4 is 0 Å². The summed E-state index contributed by atoms with van der Waals surface area (Å²) in [5, 5.41) is 9.10. The first-order chi connectivity index (χ1) is 9.97. The number of hydrogen-bond donors (Lipinski definition) is 1. The molecule has 0 saturated carbocycles. The Bertz CT molecular complexity index is 532. The molecule has 3 atom stereocenters. The van der Waals surface area contributed by atoms with Gasteiger partial charge in [-0.2, -0.15) is 0 Å². The van der Waals surface area contributed by atoms with Crippen molar-refractivity contribution >= 4 is 17.5 Å². The zero-order chi connectivity index (χ0) is 15.6. The number of rotatable bonds is 5. The minimum absolute atomic E-state index is 0.00870. The standard InChI is InChI=1S/C15H18O6/c1-20-8-15-9(6-13(17)18)4-3-5-10(15)11(16)7-12(21-2)14(15)19/h3-4,7,9-10H,5-6,8H2,1-2H3,(H,17,18)/t9-,10-,15+/m0/s1. The first-order valence-corrected chi connectivity index (χ1v) is 6.69. The molecule has 6 heteroatoms. The van der Waals surface area contributed by atoms with Gasteiger partial charge in [-0.15, -0.1) is 0 Å². The molecule has 2 aliphatic carbocycles. The Morgan fingerprint density at radius 3 is 2.71 bits per heavy atom. The van der Waals surface area contributed by atoms with Crippen molar-refractivity contribution in [2.75, 3.05) is 20.8 Å². The maximum Gasteiger partial charge on any atom is 0.303 e. The monoisotopic (exact) mass is 294 g/mol. The molecule has 0 fully saturated rings. The van der Waals surface area contributed by atoms with Gasteiger partial charge < -0.3 is 14.6 Å². The second kappa shape index (κ2) is 5.81. The van der Waals surface area contributed by atoms with Gasteiger partial charge in [0.05, 0.1) is 25.6 Å². The third-order valence-corrected chi connectivity index (χ3v) is 4.28. The lowest BCUT2D eigenvalue weighted by atomic mass is 9.56. The van der Waals surface area contributed by atoms with Crippen molar-refractivity contribution in [1.82, 2.24) is 0 Å². The molecule has 0 unspecified atom stereocenters. The van der Waals surface area contributed by atoms with E-state index >= 15 is 0 Å². The number of aliphatic carboxylic acids is 1. The largest absolute Gasteiger partial charge is 0.493 e. The number of methoxy groups -OCH3 is 2. The number of allylic oxidation sites excluding steroid dienone is 4. The maximum atomic E-state index is 12.8. The highest BCUT2D eigenvalue weighted by atomic mass is 16.5. The molecular formula is C15H18O6. The average molecular weight is 294 g/mol. The van der Waals surface area contributed by atoms with E-state index in [1.54, 1.807) is 12.2 Å². The van der Waals surface area contributed by atoms with E-state index in [0.717, 1.165) is 0 Å². The van der Waals surface area contributed by atoms with Crippen molar-refractivity contribution in [3.63, 3.8) is 0 Å². The Morgan fingerprint density at radius 1 is 1.43 bits per heavy atom. The Balaban J connectivity index is 2.55. The summed E-state index contributed by atoms with van der Waals surface area (Å²) in [5.74, 6) is -2.81. The van der Waals surface area contributed by atoms with Crippen molar-refractivity contribution in [2.24, 2.45) is 17.3 Å². The van der Waals surface area contributed by atoms with E-state index in [9.17, 15) is 14.4 Å². The minimum Gasteiger partial charge on any atom is -0.493 e. The average Bonchev–Trinajstić information content (AvgIpc) is 2.44. The first-order valence-electron chi connectivity index (χ1n) is 6.69. The molecule has 0 radical (unpaired) electrons. The lowest BCUT2D eigenvalue weighted by Crippen LogP contribution is -2.55. The van der Waals surface area contributed by atoms with E-state index in [2.05, 4.69) is 0 Å². The minimum atomic E-state index is -1.20. The summed E-state index contributed by atoms with van der Waals surface area (Å²) >= 11 is 0. The molecule has 0 bridgehead atoms. The molecule has 2 aliphatic rings. The van der Waals surface area contributed by atoms with Gasteiger partial charge in [-0.05, 0) is 6.42 Å². The number of carbonyl (C=O) groups excluding carboxylic acids is 2.